The number of amides is 1. The molecule has 2 rings (SSSR count). The van der Waals surface area contributed by atoms with Crippen molar-refractivity contribution in [3.05, 3.63) is 64.1 Å². The Morgan fingerprint density at radius 2 is 1.59 bits per heavy atom. The van der Waals surface area contributed by atoms with Crippen LogP contribution >= 0.6 is 35.0 Å². The molecule has 2 nitrogen and oxygen atoms in total. The second-order valence-electron chi connectivity index (χ2n) is 4.88. The molecule has 5 heteroatoms. The van der Waals surface area contributed by atoms with Crippen LogP contribution in [0.15, 0.2) is 53.4 Å². The fraction of sp³-hybridized carbons (Fsp3) is 0.235. The Labute approximate surface area is 145 Å². The van der Waals surface area contributed by atoms with E-state index in [1.54, 1.807) is 0 Å². The van der Waals surface area contributed by atoms with Crippen LogP contribution in [0.1, 0.15) is 12.5 Å². The Kier molecular flexibility index (Phi) is 6.62. The third kappa shape index (κ3) is 5.56. The van der Waals surface area contributed by atoms with Gasteiger partial charge in [0.1, 0.15) is 0 Å². The molecule has 2 aromatic carbocycles. The maximum absolute atomic E-state index is 12.1. The fourth-order valence-corrected chi connectivity index (χ4v) is 3.04. The monoisotopic (exact) mass is 353 g/mol. The zero-order valence-electron chi connectivity index (χ0n) is 12.2. The van der Waals surface area contributed by atoms with Gasteiger partial charge in [-0.3, -0.25) is 4.79 Å². The van der Waals surface area contributed by atoms with E-state index in [1.807, 2.05) is 55.5 Å². The van der Waals surface area contributed by atoms with Gasteiger partial charge < -0.3 is 5.32 Å². The lowest BCUT2D eigenvalue weighted by molar-refractivity contribution is -0.120. The van der Waals surface area contributed by atoms with Crippen LogP contribution in [-0.4, -0.2) is 17.7 Å². The van der Waals surface area contributed by atoms with Gasteiger partial charge in [0.25, 0.3) is 0 Å². The highest BCUT2D eigenvalue weighted by atomic mass is 35.5. The van der Waals surface area contributed by atoms with Crippen LogP contribution in [0.4, 0.5) is 0 Å². The molecule has 0 spiro atoms. The van der Waals surface area contributed by atoms with E-state index in [0.717, 1.165) is 21.9 Å². The Balaban J connectivity index is 1.76. The number of nitrogens with one attached hydrogen (secondary N) is 1. The van der Waals surface area contributed by atoms with Gasteiger partial charge in [0.2, 0.25) is 5.91 Å². The van der Waals surface area contributed by atoms with Crippen LogP contribution in [0.5, 0.6) is 0 Å². The molecule has 0 aliphatic carbocycles. The van der Waals surface area contributed by atoms with Crippen molar-refractivity contribution in [1.82, 2.24) is 5.32 Å². The minimum absolute atomic E-state index is 0.0360. The quantitative estimate of drug-likeness (QED) is 0.753. The summed E-state index contributed by atoms with van der Waals surface area (Å²) in [5.41, 5.74) is 1.16. The van der Waals surface area contributed by atoms with Gasteiger partial charge in [0.15, 0.2) is 0 Å². The van der Waals surface area contributed by atoms with Gasteiger partial charge in [-0.05, 0) is 55.3 Å². The highest BCUT2D eigenvalue weighted by Gasteiger charge is 2.13. The number of benzene rings is 2. The van der Waals surface area contributed by atoms with Crippen LogP contribution in [0.2, 0.25) is 10.0 Å². The number of hydrogen-bond acceptors (Lipinski definition) is 2. The number of carbonyl (C=O) groups excluding carboxylic acids is 1. The molecule has 0 aliphatic heterocycles. The summed E-state index contributed by atoms with van der Waals surface area (Å²) in [6.45, 7) is 2.52. The van der Waals surface area contributed by atoms with Gasteiger partial charge in [-0.1, -0.05) is 35.3 Å². The number of hydrogen-bond donors (Lipinski definition) is 1. The zero-order valence-corrected chi connectivity index (χ0v) is 14.5. The highest BCUT2D eigenvalue weighted by Crippen LogP contribution is 2.24. The minimum atomic E-state index is -0.147. The van der Waals surface area contributed by atoms with Crippen molar-refractivity contribution in [3.63, 3.8) is 0 Å². The molecule has 0 saturated carbocycles. The smallest absolute Gasteiger partial charge is 0.233 e. The third-order valence-corrected chi connectivity index (χ3v) is 4.74. The van der Waals surface area contributed by atoms with E-state index in [4.69, 9.17) is 23.2 Å². The Morgan fingerprint density at radius 1 is 1.05 bits per heavy atom. The van der Waals surface area contributed by atoms with E-state index >= 15 is 0 Å². The summed E-state index contributed by atoms with van der Waals surface area (Å²) in [4.78, 5) is 13.1. The summed E-state index contributed by atoms with van der Waals surface area (Å²) >= 11 is 13.2. The summed E-state index contributed by atoms with van der Waals surface area (Å²) in [6, 6.07) is 15.2. The minimum Gasteiger partial charge on any atom is -0.355 e. The summed E-state index contributed by atoms with van der Waals surface area (Å²) in [5, 5.41) is 4.23. The Morgan fingerprint density at radius 3 is 2.18 bits per heavy atom. The van der Waals surface area contributed by atoms with Crippen molar-refractivity contribution in [2.24, 2.45) is 0 Å². The third-order valence-electron chi connectivity index (χ3n) is 3.12. The first-order valence-corrected chi connectivity index (χ1v) is 8.62. The molecular formula is C17H17Cl2NOS. The van der Waals surface area contributed by atoms with E-state index in [1.165, 1.54) is 11.8 Å². The summed E-state index contributed by atoms with van der Waals surface area (Å²) in [6.07, 6.45) is 0.793. The lowest BCUT2D eigenvalue weighted by atomic mass is 10.1. The van der Waals surface area contributed by atoms with Gasteiger partial charge in [-0.25, -0.2) is 0 Å². The van der Waals surface area contributed by atoms with Crippen LogP contribution < -0.4 is 5.32 Å². The highest BCUT2D eigenvalue weighted by molar-refractivity contribution is 8.00. The van der Waals surface area contributed by atoms with Gasteiger partial charge in [0.05, 0.1) is 5.25 Å². The lowest BCUT2D eigenvalue weighted by Crippen LogP contribution is -2.32. The van der Waals surface area contributed by atoms with Crippen molar-refractivity contribution < 1.29 is 4.79 Å². The number of carbonyl (C=O) groups is 1. The number of thioether (sulfide) groups is 1. The van der Waals surface area contributed by atoms with Crippen LogP contribution in [-0.2, 0) is 11.2 Å². The first-order chi connectivity index (χ1) is 10.5. The number of halogens is 2. The molecule has 0 aromatic heterocycles. The standard InChI is InChI=1S/C17H17Cl2NOS/c1-12(22-16-8-6-15(19)7-9-16)17(21)20-11-10-13-2-4-14(18)5-3-13/h2-9,12H,10-11H2,1H3,(H,20,21)/t12-/m1/s1. The molecule has 0 saturated heterocycles. The average molecular weight is 354 g/mol. The van der Waals surface area contributed by atoms with Crippen LogP contribution in [0.25, 0.3) is 0 Å². The van der Waals surface area contributed by atoms with E-state index < -0.39 is 0 Å². The summed E-state index contributed by atoms with van der Waals surface area (Å²) < 4.78 is 0. The van der Waals surface area contributed by atoms with Crippen molar-refractivity contribution in [1.29, 1.82) is 0 Å². The second-order valence-corrected chi connectivity index (χ2v) is 7.17. The van der Waals surface area contributed by atoms with E-state index in [0.29, 0.717) is 11.6 Å². The van der Waals surface area contributed by atoms with Crippen molar-refractivity contribution in [2.45, 2.75) is 23.5 Å². The Bertz CT molecular complexity index is 614. The average Bonchev–Trinajstić information content (AvgIpc) is 2.51. The molecule has 22 heavy (non-hydrogen) atoms. The molecular weight excluding hydrogens is 337 g/mol. The normalized spacial score (nSPS) is 12.0. The predicted molar refractivity (Wildman–Crippen MR) is 94.9 cm³/mol. The molecule has 0 aliphatic rings. The topological polar surface area (TPSA) is 29.1 Å². The van der Waals surface area contributed by atoms with Gasteiger partial charge >= 0.3 is 0 Å². The second kappa shape index (κ2) is 8.47. The summed E-state index contributed by atoms with van der Waals surface area (Å²) in [7, 11) is 0. The lowest BCUT2D eigenvalue weighted by Gasteiger charge is -2.12. The molecule has 1 atom stereocenters. The van der Waals surface area contributed by atoms with Gasteiger partial charge in [-0.2, -0.15) is 0 Å². The molecule has 1 amide bonds. The molecule has 116 valence electrons. The van der Waals surface area contributed by atoms with E-state index in [9.17, 15) is 4.79 Å². The maximum Gasteiger partial charge on any atom is 0.233 e. The first kappa shape index (κ1) is 17.2. The van der Waals surface area contributed by atoms with Crippen LogP contribution in [0, 0.1) is 0 Å². The van der Waals surface area contributed by atoms with Crippen molar-refractivity contribution in [2.75, 3.05) is 6.54 Å². The van der Waals surface area contributed by atoms with Crippen molar-refractivity contribution >= 4 is 40.9 Å². The first-order valence-electron chi connectivity index (χ1n) is 6.99. The van der Waals surface area contributed by atoms with Gasteiger partial charge in [-0.15, -0.1) is 11.8 Å². The van der Waals surface area contributed by atoms with Gasteiger partial charge in [0, 0.05) is 21.5 Å². The van der Waals surface area contributed by atoms with E-state index in [2.05, 4.69) is 5.32 Å². The van der Waals surface area contributed by atoms with E-state index in [-0.39, 0.29) is 11.2 Å². The molecule has 0 radical (unpaired) electrons. The van der Waals surface area contributed by atoms with Crippen LogP contribution in [0.3, 0.4) is 0 Å². The molecule has 0 heterocycles. The molecule has 0 unspecified atom stereocenters. The molecule has 0 fully saturated rings. The molecule has 2 aromatic rings. The largest absolute Gasteiger partial charge is 0.355 e. The molecule has 0 bridgehead atoms. The molecule has 1 N–H and O–H groups in total. The number of rotatable bonds is 6. The fourth-order valence-electron chi connectivity index (χ4n) is 1.90. The maximum atomic E-state index is 12.1. The SMILES string of the molecule is C[C@@H](Sc1ccc(Cl)cc1)C(=O)NCCc1ccc(Cl)cc1. The predicted octanol–water partition coefficient (Wildman–Crippen LogP) is 4.83. The Hall–Kier alpha value is -1.16. The van der Waals surface area contributed by atoms with Crippen molar-refractivity contribution in [3.8, 4) is 0 Å². The zero-order chi connectivity index (χ0) is 15.9. The summed E-state index contributed by atoms with van der Waals surface area (Å²) in [5.74, 6) is 0.0360.